The number of esters is 1. The fourth-order valence-electron chi connectivity index (χ4n) is 2.97. The average molecular weight is 419 g/mol. The molecular weight excluding hydrogens is 392 g/mol. The molecule has 1 unspecified atom stereocenters. The Balaban J connectivity index is 2.40. The second kappa shape index (κ2) is 9.09. The molecule has 2 aromatic rings. The maximum atomic E-state index is 13.0. The molecule has 0 aromatic heterocycles. The monoisotopic (exact) mass is 418 g/mol. The molecule has 0 radical (unpaired) electrons. The number of carbonyl (C=O) groups is 2. The van der Waals surface area contributed by atoms with E-state index >= 15 is 0 Å². The maximum absolute atomic E-state index is 13.0. The molecule has 0 saturated carbocycles. The van der Waals surface area contributed by atoms with Gasteiger partial charge in [-0.15, -0.1) is 0 Å². The minimum atomic E-state index is -3.72. The summed E-state index contributed by atoms with van der Waals surface area (Å²) in [6, 6.07) is 10.8. The molecule has 0 aliphatic heterocycles. The molecule has 0 saturated heterocycles. The van der Waals surface area contributed by atoms with Crippen LogP contribution in [-0.4, -0.2) is 39.7 Å². The van der Waals surface area contributed by atoms with Crippen LogP contribution in [0, 0.1) is 13.8 Å². The summed E-state index contributed by atoms with van der Waals surface area (Å²) in [5, 5.41) is 2.76. The van der Waals surface area contributed by atoms with Crippen molar-refractivity contribution in [3.8, 4) is 0 Å². The van der Waals surface area contributed by atoms with Gasteiger partial charge in [-0.2, -0.15) is 0 Å². The van der Waals surface area contributed by atoms with E-state index in [1.807, 2.05) is 6.92 Å². The fraction of sp³-hybridized carbons (Fsp3) is 0.333. The van der Waals surface area contributed by atoms with Crippen LogP contribution in [0.2, 0.25) is 0 Å². The summed E-state index contributed by atoms with van der Waals surface area (Å²) in [7, 11) is -2.44. The Labute approximate surface area is 171 Å². The number of benzene rings is 2. The Morgan fingerprint density at radius 2 is 1.72 bits per heavy atom. The van der Waals surface area contributed by atoms with Gasteiger partial charge in [0.1, 0.15) is 6.04 Å². The highest BCUT2D eigenvalue weighted by Gasteiger charge is 2.31. The molecule has 7 nitrogen and oxygen atoms in total. The number of nitrogens with one attached hydrogen (secondary N) is 1. The van der Waals surface area contributed by atoms with Crippen LogP contribution in [0.3, 0.4) is 0 Å². The van der Waals surface area contributed by atoms with Crippen LogP contribution in [-0.2, 0) is 19.6 Å². The fourth-order valence-corrected chi connectivity index (χ4v) is 4.18. The van der Waals surface area contributed by atoms with E-state index in [1.165, 1.54) is 13.2 Å². The minimum absolute atomic E-state index is 0.266. The largest absolute Gasteiger partial charge is 0.465 e. The first kappa shape index (κ1) is 22.4. The molecule has 1 amide bonds. The van der Waals surface area contributed by atoms with Gasteiger partial charge in [0.15, 0.2) is 0 Å². The first-order chi connectivity index (χ1) is 13.6. The quantitative estimate of drug-likeness (QED) is 0.697. The lowest BCUT2D eigenvalue weighted by molar-refractivity contribution is -0.117. The number of rotatable bonds is 7. The Morgan fingerprint density at radius 1 is 1.10 bits per heavy atom. The summed E-state index contributed by atoms with van der Waals surface area (Å²) in [4.78, 5) is 24.8. The molecule has 0 fully saturated rings. The normalized spacial score (nSPS) is 12.2. The average Bonchev–Trinajstić information content (AvgIpc) is 2.67. The van der Waals surface area contributed by atoms with Crippen molar-refractivity contribution in [2.24, 2.45) is 0 Å². The van der Waals surface area contributed by atoms with Gasteiger partial charge in [-0.1, -0.05) is 30.7 Å². The summed E-state index contributed by atoms with van der Waals surface area (Å²) in [6.45, 7) is 5.43. The lowest BCUT2D eigenvalue weighted by atomic mass is 10.1. The molecule has 2 aromatic carbocycles. The molecule has 156 valence electrons. The molecule has 0 aliphatic rings. The van der Waals surface area contributed by atoms with Gasteiger partial charge in [-0.3, -0.25) is 9.10 Å². The second-order valence-corrected chi connectivity index (χ2v) is 8.69. The van der Waals surface area contributed by atoms with Crippen LogP contribution in [0.5, 0.6) is 0 Å². The number of hydrogen-bond acceptors (Lipinski definition) is 5. The van der Waals surface area contributed by atoms with E-state index < -0.39 is 27.9 Å². The predicted molar refractivity (Wildman–Crippen MR) is 114 cm³/mol. The number of amides is 1. The smallest absolute Gasteiger partial charge is 0.337 e. The molecule has 0 bridgehead atoms. The first-order valence-electron chi connectivity index (χ1n) is 9.14. The Kier molecular flexibility index (Phi) is 7.02. The minimum Gasteiger partial charge on any atom is -0.465 e. The third-order valence-electron chi connectivity index (χ3n) is 4.53. The third kappa shape index (κ3) is 5.35. The summed E-state index contributed by atoms with van der Waals surface area (Å²) in [6.07, 6.45) is 1.34. The van der Waals surface area contributed by atoms with Gasteiger partial charge in [-0.05, 0) is 50.1 Å². The number of aryl methyl sites for hydroxylation is 2. The summed E-state index contributed by atoms with van der Waals surface area (Å²) in [5.74, 6) is -1.01. The van der Waals surface area contributed by atoms with Crippen LogP contribution < -0.4 is 9.62 Å². The molecule has 0 heterocycles. The van der Waals surface area contributed by atoms with Crippen LogP contribution in [0.25, 0.3) is 0 Å². The van der Waals surface area contributed by atoms with E-state index in [1.54, 1.807) is 50.2 Å². The summed E-state index contributed by atoms with van der Waals surface area (Å²) >= 11 is 0. The lowest BCUT2D eigenvalue weighted by Gasteiger charge is -2.30. The van der Waals surface area contributed by atoms with Gasteiger partial charge in [0.05, 0.1) is 24.6 Å². The summed E-state index contributed by atoms with van der Waals surface area (Å²) in [5.41, 5.74) is 2.85. The molecule has 0 spiro atoms. The Morgan fingerprint density at radius 3 is 2.24 bits per heavy atom. The second-order valence-electron chi connectivity index (χ2n) is 6.83. The predicted octanol–water partition coefficient (Wildman–Crippen LogP) is 3.27. The number of methoxy groups -OCH3 is 1. The van der Waals surface area contributed by atoms with Gasteiger partial charge >= 0.3 is 5.97 Å². The molecular formula is C21H26N2O5S. The van der Waals surface area contributed by atoms with E-state index in [-0.39, 0.29) is 6.42 Å². The zero-order chi connectivity index (χ0) is 21.8. The molecule has 2 rings (SSSR count). The lowest BCUT2D eigenvalue weighted by Crippen LogP contribution is -2.47. The van der Waals surface area contributed by atoms with Gasteiger partial charge < -0.3 is 10.1 Å². The number of ether oxygens (including phenoxy) is 1. The number of carbonyl (C=O) groups excluding carboxylic acids is 2. The van der Waals surface area contributed by atoms with Crippen LogP contribution in [0.1, 0.15) is 34.8 Å². The van der Waals surface area contributed by atoms with Crippen molar-refractivity contribution in [3.05, 3.63) is 59.2 Å². The van der Waals surface area contributed by atoms with Crippen molar-refractivity contribution in [3.63, 3.8) is 0 Å². The van der Waals surface area contributed by atoms with Gasteiger partial charge in [-0.25, -0.2) is 13.2 Å². The zero-order valence-corrected chi connectivity index (χ0v) is 18.0. The molecule has 1 atom stereocenters. The molecule has 0 aliphatic carbocycles. The molecule has 29 heavy (non-hydrogen) atoms. The standard InChI is InChI=1S/C21H26N2O5S/c1-6-19(23(29(5,26)27)17-11-7-14(2)8-12-17)20(24)22-18-13-16(21(25)28-4)10-9-15(18)3/h7-13,19H,6H2,1-5H3,(H,22,24). The van der Waals surface area contributed by atoms with Crippen molar-refractivity contribution in [2.45, 2.75) is 33.2 Å². The number of sulfonamides is 1. The van der Waals surface area contributed by atoms with Gasteiger partial charge in [0.2, 0.25) is 15.9 Å². The number of hydrogen-bond donors (Lipinski definition) is 1. The van der Waals surface area contributed by atoms with E-state index in [4.69, 9.17) is 4.74 Å². The SMILES string of the molecule is CCC(C(=O)Nc1cc(C(=O)OC)ccc1C)N(c1ccc(C)cc1)S(C)(=O)=O. The Bertz CT molecular complexity index is 1000. The van der Waals surface area contributed by atoms with E-state index in [2.05, 4.69) is 5.32 Å². The molecule has 1 N–H and O–H groups in total. The number of nitrogens with zero attached hydrogens (tertiary/aromatic N) is 1. The van der Waals surface area contributed by atoms with Crippen LogP contribution in [0.15, 0.2) is 42.5 Å². The highest BCUT2D eigenvalue weighted by atomic mass is 32.2. The summed E-state index contributed by atoms with van der Waals surface area (Å²) < 4.78 is 30.9. The van der Waals surface area contributed by atoms with Crippen LogP contribution >= 0.6 is 0 Å². The van der Waals surface area contributed by atoms with Crippen molar-refractivity contribution in [2.75, 3.05) is 23.0 Å². The van der Waals surface area contributed by atoms with E-state index in [0.29, 0.717) is 16.9 Å². The number of anilines is 2. The van der Waals surface area contributed by atoms with Crippen molar-refractivity contribution < 1.29 is 22.7 Å². The van der Waals surface area contributed by atoms with Crippen molar-refractivity contribution in [1.29, 1.82) is 0 Å². The highest BCUT2D eigenvalue weighted by Crippen LogP contribution is 2.25. The van der Waals surface area contributed by atoms with Crippen LogP contribution in [0.4, 0.5) is 11.4 Å². The van der Waals surface area contributed by atoms with Crippen molar-refractivity contribution in [1.82, 2.24) is 0 Å². The van der Waals surface area contributed by atoms with E-state index in [0.717, 1.165) is 21.7 Å². The topological polar surface area (TPSA) is 92.8 Å². The van der Waals surface area contributed by atoms with Gasteiger partial charge in [0, 0.05) is 5.69 Å². The zero-order valence-electron chi connectivity index (χ0n) is 17.2. The maximum Gasteiger partial charge on any atom is 0.337 e. The van der Waals surface area contributed by atoms with Crippen molar-refractivity contribution >= 4 is 33.3 Å². The highest BCUT2D eigenvalue weighted by molar-refractivity contribution is 7.92. The van der Waals surface area contributed by atoms with Gasteiger partial charge in [0.25, 0.3) is 0 Å². The third-order valence-corrected chi connectivity index (χ3v) is 5.71. The Hall–Kier alpha value is -2.87. The first-order valence-corrected chi connectivity index (χ1v) is 11.0. The molecule has 8 heteroatoms. The van der Waals surface area contributed by atoms with E-state index in [9.17, 15) is 18.0 Å².